The number of urea groups is 1. The average molecular weight is 475 g/mol. The van der Waals surface area contributed by atoms with E-state index in [0.29, 0.717) is 41.6 Å². The number of halogens is 2. The Labute approximate surface area is 196 Å². The largest absolute Gasteiger partial charge is 0.364 e. The predicted molar refractivity (Wildman–Crippen MR) is 126 cm³/mol. The van der Waals surface area contributed by atoms with E-state index in [1.807, 2.05) is 6.92 Å². The molecule has 0 radical (unpaired) electrons. The van der Waals surface area contributed by atoms with Crippen molar-refractivity contribution in [2.75, 3.05) is 32.0 Å². The van der Waals surface area contributed by atoms with Crippen LogP contribution < -0.4 is 11.1 Å². The molecule has 11 heteroatoms. The molecule has 3 aromatic rings. The average Bonchev–Trinajstić information content (AvgIpc) is 3.21. The number of hydrogen-bond donors (Lipinski definition) is 3. The molecule has 4 N–H and O–H groups in total. The van der Waals surface area contributed by atoms with Gasteiger partial charge < -0.3 is 25.8 Å². The van der Waals surface area contributed by atoms with Crippen molar-refractivity contribution in [2.45, 2.75) is 38.3 Å². The zero-order valence-corrected chi connectivity index (χ0v) is 19.5. The number of carbonyl (C=O) groups is 1. The van der Waals surface area contributed by atoms with Gasteiger partial charge in [-0.3, -0.25) is 0 Å². The summed E-state index contributed by atoms with van der Waals surface area (Å²) in [6.07, 6.45) is 7.60. The number of nitrogens with zero attached hydrogens (tertiary/aromatic N) is 5. The first-order valence-corrected chi connectivity index (χ1v) is 11.4. The second kappa shape index (κ2) is 9.48. The second-order valence-electron chi connectivity index (χ2n) is 8.41. The summed E-state index contributed by atoms with van der Waals surface area (Å²) in [5, 5.41) is 4.24. The Kier molecular flexibility index (Phi) is 6.66. The number of fused-ring (bicyclic) bond motifs is 1. The van der Waals surface area contributed by atoms with Gasteiger partial charge in [0, 0.05) is 43.5 Å². The predicted octanol–water partition coefficient (Wildman–Crippen LogP) is 3.83. The van der Waals surface area contributed by atoms with E-state index in [1.54, 1.807) is 35.3 Å². The molecule has 0 bridgehead atoms. The zero-order chi connectivity index (χ0) is 23.6. The summed E-state index contributed by atoms with van der Waals surface area (Å²) in [5.41, 5.74) is 7.01. The first-order valence-electron chi connectivity index (χ1n) is 11.0. The summed E-state index contributed by atoms with van der Waals surface area (Å²) < 4.78 is 14.6. The van der Waals surface area contributed by atoms with Crippen LogP contribution in [0.2, 0.25) is 5.02 Å². The fourth-order valence-corrected chi connectivity index (χ4v) is 4.34. The summed E-state index contributed by atoms with van der Waals surface area (Å²) in [6, 6.07) is 1.64. The van der Waals surface area contributed by atoms with Gasteiger partial charge >= 0.3 is 6.03 Å². The Morgan fingerprint density at radius 1 is 1.39 bits per heavy atom. The normalized spacial score (nSPS) is 18.5. The molecule has 4 rings (SSSR count). The molecular weight excluding hydrogens is 447 g/mol. The Bertz CT molecular complexity index is 1150. The van der Waals surface area contributed by atoms with Gasteiger partial charge in [-0.25, -0.2) is 24.1 Å². The zero-order valence-electron chi connectivity index (χ0n) is 18.7. The van der Waals surface area contributed by atoms with Crippen molar-refractivity contribution >= 4 is 34.5 Å². The van der Waals surface area contributed by atoms with Crippen LogP contribution in [-0.4, -0.2) is 68.1 Å². The van der Waals surface area contributed by atoms with Crippen LogP contribution in [0.4, 0.5) is 15.0 Å². The van der Waals surface area contributed by atoms with Gasteiger partial charge in [0.25, 0.3) is 0 Å². The molecule has 0 spiro atoms. The smallest absolute Gasteiger partial charge is 0.321 e. The van der Waals surface area contributed by atoms with E-state index >= 15 is 0 Å². The van der Waals surface area contributed by atoms with Gasteiger partial charge in [0.05, 0.1) is 17.8 Å². The molecule has 0 aromatic carbocycles. The van der Waals surface area contributed by atoms with E-state index in [2.05, 4.69) is 25.3 Å². The number of hydrogen-bond acceptors (Lipinski definition) is 6. The number of aromatic nitrogens is 4. The molecule has 9 nitrogen and oxygen atoms in total. The van der Waals surface area contributed by atoms with Gasteiger partial charge in [0.15, 0.2) is 17.5 Å². The van der Waals surface area contributed by atoms with Crippen molar-refractivity contribution in [1.82, 2.24) is 29.7 Å². The molecule has 1 atom stereocenters. The summed E-state index contributed by atoms with van der Waals surface area (Å²) in [7, 11) is 1.77. The first kappa shape index (κ1) is 23.2. The molecule has 1 aliphatic rings. The Morgan fingerprint density at radius 2 is 2.21 bits per heavy atom. The Hall–Kier alpha value is -2.98. The molecule has 0 saturated carbocycles. The van der Waals surface area contributed by atoms with Gasteiger partial charge in [-0.05, 0) is 31.7 Å². The van der Waals surface area contributed by atoms with Crippen LogP contribution in [0.5, 0.6) is 0 Å². The van der Waals surface area contributed by atoms with E-state index in [-0.39, 0.29) is 18.4 Å². The van der Waals surface area contributed by atoms with Gasteiger partial charge in [-0.15, -0.1) is 0 Å². The number of amides is 2. The number of nitrogens with one attached hydrogen (secondary N) is 2. The van der Waals surface area contributed by atoms with Crippen molar-refractivity contribution in [3.63, 3.8) is 0 Å². The maximum absolute atomic E-state index is 14.6. The van der Waals surface area contributed by atoms with Crippen LogP contribution in [0, 0.1) is 5.82 Å². The van der Waals surface area contributed by atoms with Crippen LogP contribution in [-0.2, 0) is 0 Å². The topological polar surface area (TPSA) is 116 Å². The summed E-state index contributed by atoms with van der Waals surface area (Å²) in [5.74, 6) is -0.260. The number of aromatic amines is 1. The third kappa shape index (κ3) is 4.72. The quantitative estimate of drug-likeness (QED) is 0.500. The molecule has 3 aromatic heterocycles. The highest BCUT2D eigenvalue weighted by atomic mass is 35.5. The highest BCUT2D eigenvalue weighted by Crippen LogP contribution is 2.29. The maximum Gasteiger partial charge on any atom is 0.321 e. The minimum Gasteiger partial charge on any atom is -0.364 e. The minimum absolute atomic E-state index is 0.0223. The molecule has 2 amide bonds. The molecular formula is C22H28ClFN8O. The third-order valence-corrected chi connectivity index (χ3v) is 6.15. The van der Waals surface area contributed by atoms with Crippen LogP contribution in [0.1, 0.15) is 32.6 Å². The summed E-state index contributed by atoms with van der Waals surface area (Å²) in [4.78, 5) is 32.1. The number of rotatable bonds is 6. The van der Waals surface area contributed by atoms with E-state index in [0.717, 1.165) is 30.8 Å². The number of nitrogens with two attached hydrogens (primary N) is 1. The maximum atomic E-state index is 14.6. The second-order valence-corrected chi connectivity index (χ2v) is 8.85. The number of piperidine rings is 1. The van der Waals surface area contributed by atoms with Crippen LogP contribution in [0.15, 0.2) is 24.7 Å². The lowest BCUT2D eigenvalue weighted by molar-refractivity contribution is 0.0701. The number of H-pyrrole nitrogens is 1. The third-order valence-electron chi connectivity index (χ3n) is 5.94. The van der Waals surface area contributed by atoms with Crippen LogP contribution >= 0.6 is 11.6 Å². The highest BCUT2D eigenvalue weighted by molar-refractivity contribution is 6.31. The van der Waals surface area contributed by atoms with Crippen LogP contribution in [0.3, 0.4) is 0 Å². The van der Waals surface area contributed by atoms with Crippen molar-refractivity contribution in [3.05, 3.63) is 35.5 Å². The Balaban J connectivity index is 1.57. The number of likely N-dealkylation sites (tertiary alicyclic amines) is 1. The SMILES string of the molecule is CCCN(C)C(=O)N1CCCC[C@]1(N)CNc1nc(-c2c[nH]c3ncc(Cl)cc23)ncc1F. The standard InChI is InChI=1S/C22H28ClFN8O/c1-3-7-31(2)21(33)32-8-5-4-6-22(32,25)13-29-20-17(24)12-28-19(30-20)16-11-27-18-15(16)9-14(23)10-26-18/h9-12H,3-8,13,25H2,1-2H3,(H,26,27)(H,28,29,30)/t22-/m1/s1. The highest BCUT2D eigenvalue weighted by Gasteiger charge is 2.39. The van der Waals surface area contributed by atoms with Crippen molar-refractivity contribution < 1.29 is 9.18 Å². The fourth-order valence-electron chi connectivity index (χ4n) is 4.19. The van der Waals surface area contributed by atoms with Gasteiger partial charge in [-0.2, -0.15) is 0 Å². The first-order chi connectivity index (χ1) is 15.8. The molecule has 176 valence electrons. The molecule has 4 heterocycles. The molecule has 0 aliphatic carbocycles. The number of carbonyl (C=O) groups excluding carboxylic acids is 1. The van der Waals surface area contributed by atoms with E-state index in [4.69, 9.17) is 17.3 Å². The van der Waals surface area contributed by atoms with E-state index < -0.39 is 11.5 Å². The fraction of sp³-hybridized carbons (Fsp3) is 0.455. The molecule has 33 heavy (non-hydrogen) atoms. The lowest BCUT2D eigenvalue weighted by atomic mass is 9.96. The molecule has 1 fully saturated rings. The summed E-state index contributed by atoms with van der Waals surface area (Å²) in [6.45, 7) is 3.38. The number of anilines is 1. The summed E-state index contributed by atoms with van der Waals surface area (Å²) >= 11 is 6.08. The molecule has 1 saturated heterocycles. The van der Waals surface area contributed by atoms with Crippen molar-refractivity contribution in [2.24, 2.45) is 5.73 Å². The van der Waals surface area contributed by atoms with Crippen LogP contribution in [0.25, 0.3) is 22.4 Å². The Morgan fingerprint density at radius 3 is 3.00 bits per heavy atom. The monoisotopic (exact) mass is 474 g/mol. The van der Waals surface area contributed by atoms with Gasteiger partial charge in [0.1, 0.15) is 11.3 Å². The lowest BCUT2D eigenvalue weighted by Crippen LogP contribution is -2.66. The lowest BCUT2D eigenvalue weighted by Gasteiger charge is -2.45. The van der Waals surface area contributed by atoms with Gasteiger partial charge in [-0.1, -0.05) is 18.5 Å². The van der Waals surface area contributed by atoms with E-state index in [1.165, 1.54) is 0 Å². The number of pyridine rings is 1. The van der Waals surface area contributed by atoms with Crippen molar-refractivity contribution in [3.8, 4) is 11.4 Å². The molecule has 0 unspecified atom stereocenters. The minimum atomic E-state index is -0.951. The molecule has 1 aliphatic heterocycles. The van der Waals surface area contributed by atoms with E-state index in [9.17, 15) is 9.18 Å². The van der Waals surface area contributed by atoms with Gasteiger partial charge in [0.2, 0.25) is 0 Å². The van der Waals surface area contributed by atoms with Crippen molar-refractivity contribution in [1.29, 1.82) is 0 Å².